The summed E-state index contributed by atoms with van der Waals surface area (Å²) in [4.78, 5) is 20.9. The Morgan fingerprint density at radius 1 is 0.800 bits per heavy atom. The van der Waals surface area contributed by atoms with Crippen molar-refractivity contribution >= 4 is 91.5 Å². The van der Waals surface area contributed by atoms with Crippen molar-refractivity contribution in [3.8, 4) is 11.5 Å². The van der Waals surface area contributed by atoms with Gasteiger partial charge in [0, 0.05) is 31.6 Å². The van der Waals surface area contributed by atoms with E-state index in [1.54, 1.807) is 36.5 Å². The average Bonchev–Trinajstić information content (AvgIpc) is 2.86. The number of fused-ring (bicyclic) bond motifs is 2. The number of hydrogen-bond donors (Lipinski definition) is 1. The Balaban J connectivity index is 0.000000189. The molecule has 0 amide bonds. The number of aromatic hydroxyl groups is 1. The second-order valence-electron chi connectivity index (χ2n) is 7.36. The molecule has 0 unspecified atom stereocenters. The molecule has 0 aliphatic rings. The molecule has 0 atom stereocenters. The van der Waals surface area contributed by atoms with Crippen LogP contribution in [0.4, 0.5) is 0 Å². The minimum absolute atomic E-state index is 0.179. The van der Waals surface area contributed by atoms with Crippen molar-refractivity contribution in [3.63, 3.8) is 0 Å². The van der Waals surface area contributed by atoms with Crippen LogP contribution in [0.1, 0.15) is 16.1 Å². The molecule has 35 heavy (non-hydrogen) atoms. The van der Waals surface area contributed by atoms with Gasteiger partial charge in [-0.2, -0.15) is 0 Å². The first-order chi connectivity index (χ1) is 16.8. The predicted octanol–water partition coefficient (Wildman–Crippen LogP) is 8.75. The normalized spacial score (nSPS) is 10.7. The number of ether oxygens (including phenoxy) is 1. The number of aryl methyl sites for hydroxylation is 1. The van der Waals surface area contributed by atoms with E-state index in [-0.39, 0.29) is 5.75 Å². The molecule has 9 heteroatoms. The summed E-state index contributed by atoms with van der Waals surface area (Å²) in [6, 6.07) is 20.2. The monoisotopic (exact) mass is 720 g/mol. The summed E-state index contributed by atoms with van der Waals surface area (Å²) in [6.07, 6.45) is 1.65. The first-order valence-electron chi connectivity index (χ1n) is 10.2. The number of esters is 1. The van der Waals surface area contributed by atoms with E-state index < -0.39 is 5.97 Å². The largest absolute Gasteiger partial charge is 0.505 e. The van der Waals surface area contributed by atoms with Crippen molar-refractivity contribution in [2.45, 2.75) is 6.92 Å². The van der Waals surface area contributed by atoms with Gasteiger partial charge in [0.25, 0.3) is 0 Å². The van der Waals surface area contributed by atoms with Gasteiger partial charge in [0.2, 0.25) is 0 Å². The second-order valence-corrected chi connectivity index (χ2v) is 10.8. The van der Waals surface area contributed by atoms with Crippen LogP contribution in [0.3, 0.4) is 0 Å². The molecule has 0 spiro atoms. The average molecular weight is 724 g/mol. The lowest BCUT2D eigenvalue weighted by Gasteiger charge is -2.11. The van der Waals surface area contributed by atoms with Crippen LogP contribution < -0.4 is 4.74 Å². The van der Waals surface area contributed by atoms with Gasteiger partial charge >= 0.3 is 5.97 Å². The maximum atomic E-state index is 12.3. The fourth-order valence-electron chi connectivity index (χ4n) is 3.27. The Bertz CT molecular complexity index is 1560. The summed E-state index contributed by atoms with van der Waals surface area (Å²) < 4.78 is 8.71. The maximum Gasteiger partial charge on any atom is 0.343 e. The van der Waals surface area contributed by atoms with Crippen LogP contribution in [-0.4, -0.2) is 21.0 Å². The third-order valence-corrected chi connectivity index (χ3v) is 7.46. The molecule has 1 N–H and O–H groups in total. The molecule has 0 fully saturated rings. The number of nitrogens with zero attached hydrogens (tertiary/aromatic N) is 2. The van der Waals surface area contributed by atoms with Crippen LogP contribution in [0.2, 0.25) is 0 Å². The molecule has 176 valence electrons. The highest BCUT2D eigenvalue weighted by Crippen LogP contribution is 2.38. The van der Waals surface area contributed by atoms with Crippen molar-refractivity contribution in [2.75, 3.05) is 0 Å². The number of phenolic OH excluding ortho intramolecular Hbond substituents is 1. The number of benzene rings is 3. The maximum absolute atomic E-state index is 12.3. The minimum atomic E-state index is -0.409. The van der Waals surface area contributed by atoms with E-state index in [1.165, 1.54) is 0 Å². The summed E-state index contributed by atoms with van der Waals surface area (Å²) in [7, 11) is 0. The molecule has 0 saturated heterocycles. The van der Waals surface area contributed by atoms with E-state index in [2.05, 4.69) is 73.7 Å². The van der Waals surface area contributed by atoms with Gasteiger partial charge in [-0.1, -0.05) is 56.1 Å². The molecule has 5 rings (SSSR count). The number of carbonyl (C=O) groups excluding carboxylic acids is 1. The van der Waals surface area contributed by atoms with Gasteiger partial charge in [-0.15, -0.1) is 0 Å². The van der Waals surface area contributed by atoms with Gasteiger partial charge in [-0.3, -0.25) is 4.98 Å². The molecule has 2 heterocycles. The second kappa shape index (κ2) is 11.2. The number of halogens is 4. The number of carbonyl (C=O) groups is 1. The summed E-state index contributed by atoms with van der Waals surface area (Å²) in [5.41, 5.74) is 2.60. The number of pyridine rings is 2. The standard InChI is InChI=1S/C17H11Br2NO2.C9H5Br2NO/c1-10-7-8-12-13(18)9-14(19)16(15(12)20-10)22-17(21)11-5-3-2-4-6-11;10-6-4-7(11)9(13)8-5(6)2-1-3-12-8/h2-9H,1H3;1-4,13H. The molecular formula is C26H16Br4N2O3. The highest BCUT2D eigenvalue weighted by atomic mass is 79.9. The number of phenols is 1. The van der Waals surface area contributed by atoms with Crippen molar-refractivity contribution < 1.29 is 14.6 Å². The smallest absolute Gasteiger partial charge is 0.343 e. The Morgan fingerprint density at radius 2 is 1.46 bits per heavy atom. The van der Waals surface area contributed by atoms with Gasteiger partial charge in [-0.25, -0.2) is 9.78 Å². The molecule has 0 bridgehead atoms. The Labute approximate surface area is 235 Å². The molecule has 0 aliphatic carbocycles. The lowest BCUT2D eigenvalue weighted by atomic mass is 10.2. The van der Waals surface area contributed by atoms with Crippen molar-refractivity contribution in [3.05, 3.63) is 102 Å². The number of hydrogen-bond acceptors (Lipinski definition) is 5. The predicted molar refractivity (Wildman–Crippen MR) is 152 cm³/mol. The Kier molecular flexibility index (Phi) is 8.21. The molecule has 5 aromatic rings. The van der Waals surface area contributed by atoms with Gasteiger partial charge in [-0.05, 0) is 81.2 Å². The quantitative estimate of drug-likeness (QED) is 0.146. The van der Waals surface area contributed by atoms with Crippen molar-refractivity contribution in [1.29, 1.82) is 0 Å². The summed E-state index contributed by atoms with van der Waals surface area (Å²) in [5.74, 6) is 0.197. The van der Waals surface area contributed by atoms with Crippen LogP contribution >= 0.6 is 63.7 Å². The van der Waals surface area contributed by atoms with Crippen LogP contribution in [-0.2, 0) is 0 Å². The van der Waals surface area contributed by atoms with E-state index >= 15 is 0 Å². The van der Waals surface area contributed by atoms with Crippen LogP contribution in [0.15, 0.2) is 90.8 Å². The molecule has 3 aromatic carbocycles. The van der Waals surface area contributed by atoms with Gasteiger partial charge in [0.1, 0.15) is 11.0 Å². The van der Waals surface area contributed by atoms with E-state index in [9.17, 15) is 9.90 Å². The highest BCUT2D eigenvalue weighted by Gasteiger charge is 2.17. The fourth-order valence-corrected chi connectivity index (χ4v) is 5.90. The van der Waals surface area contributed by atoms with E-state index in [0.29, 0.717) is 31.3 Å². The minimum Gasteiger partial charge on any atom is -0.505 e. The Morgan fingerprint density at radius 3 is 2.17 bits per heavy atom. The fraction of sp³-hybridized carbons (Fsp3) is 0.0385. The molecule has 0 saturated carbocycles. The topological polar surface area (TPSA) is 72.3 Å². The van der Waals surface area contributed by atoms with Gasteiger partial charge in [0.15, 0.2) is 11.5 Å². The van der Waals surface area contributed by atoms with Crippen molar-refractivity contribution in [1.82, 2.24) is 9.97 Å². The third-order valence-electron chi connectivity index (χ3n) is 4.95. The summed E-state index contributed by atoms with van der Waals surface area (Å²) in [6.45, 7) is 1.90. The van der Waals surface area contributed by atoms with Crippen molar-refractivity contribution in [2.24, 2.45) is 0 Å². The Hall–Kier alpha value is -2.33. The highest BCUT2D eigenvalue weighted by molar-refractivity contribution is 9.11. The SMILES string of the molecule is Cc1ccc2c(Br)cc(Br)c(OC(=O)c3ccccc3)c2n1.Oc1c(Br)cc(Br)c2cccnc12. The van der Waals surface area contributed by atoms with Crippen LogP contribution in [0, 0.1) is 6.92 Å². The number of rotatable bonds is 2. The molecule has 2 aromatic heterocycles. The zero-order chi connectivity index (χ0) is 25.1. The van der Waals surface area contributed by atoms with E-state index in [0.717, 1.165) is 25.4 Å². The van der Waals surface area contributed by atoms with Crippen LogP contribution in [0.25, 0.3) is 21.8 Å². The molecular weight excluding hydrogens is 708 g/mol. The molecule has 5 nitrogen and oxygen atoms in total. The van der Waals surface area contributed by atoms with E-state index in [4.69, 9.17) is 4.74 Å². The van der Waals surface area contributed by atoms with Crippen LogP contribution in [0.5, 0.6) is 11.5 Å². The zero-order valence-electron chi connectivity index (χ0n) is 18.1. The van der Waals surface area contributed by atoms with E-state index in [1.807, 2.05) is 43.3 Å². The number of aromatic nitrogens is 2. The lowest BCUT2D eigenvalue weighted by molar-refractivity contribution is 0.0735. The third kappa shape index (κ3) is 5.74. The zero-order valence-corrected chi connectivity index (χ0v) is 24.4. The summed E-state index contributed by atoms with van der Waals surface area (Å²) >= 11 is 13.6. The molecule has 0 aliphatic heterocycles. The first kappa shape index (κ1) is 25.8. The lowest BCUT2D eigenvalue weighted by Crippen LogP contribution is -2.09. The van der Waals surface area contributed by atoms with Gasteiger partial charge < -0.3 is 9.84 Å². The van der Waals surface area contributed by atoms with Gasteiger partial charge in [0.05, 0.1) is 14.5 Å². The molecule has 0 radical (unpaired) electrons. The summed E-state index contributed by atoms with van der Waals surface area (Å²) in [5, 5.41) is 11.5. The first-order valence-corrected chi connectivity index (χ1v) is 13.4.